The molecule has 0 spiro atoms. The summed E-state index contributed by atoms with van der Waals surface area (Å²) in [5.74, 6) is 2.57. The van der Waals surface area contributed by atoms with Gasteiger partial charge >= 0.3 is 0 Å². The third kappa shape index (κ3) is 5.85. The highest BCUT2D eigenvalue weighted by Gasteiger charge is 2.06. The molecule has 1 aromatic heterocycles. The van der Waals surface area contributed by atoms with Gasteiger partial charge in [-0.15, -0.1) is 24.0 Å². The van der Waals surface area contributed by atoms with Crippen molar-refractivity contribution in [2.45, 2.75) is 13.5 Å². The molecular formula is C20H26IN5O. The molecule has 0 radical (unpaired) electrons. The van der Waals surface area contributed by atoms with Gasteiger partial charge in [0.25, 0.3) is 0 Å². The van der Waals surface area contributed by atoms with Gasteiger partial charge in [-0.1, -0.05) is 30.3 Å². The lowest BCUT2D eigenvalue weighted by atomic mass is 10.3. The molecule has 7 heteroatoms. The second-order valence-electron chi connectivity index (χ2n) is 5.86. The number of para-hydroxylation sites is 3. The lowest BCUT2D eigenvalue weighted by Crippen LogP contribution is -2.39. The molecule has 0 aliphatic rings. The van der Waals surface area contributed by atoms with Crippen LogP contribution < -0.4 is 15.4 Å². The van der Waals surface area contributed by atoms with Crippen molar-refractivity contribution in [1.29, 1.82) is 0 Å². The maximum atomic E-state index is 5.69. The molecule has 2 N–H and O–H groups in total. The van der Waals surface area contributed by atoms with Crippen LogP contribution in [0.2, 0.25) is 0 Å². The van der Waals surface area contributed by atoms with E-state index in [0.717, 1.165) is 35.1 Å². The summed E-state index contributed by atoms with van der Waals surface area (Å²) in [6.07, 6.45) is 0. The Morgan fingerprint density at radius 3 is 2.56 bits per heavy atom. The molecule has 3 rings (SSSR count). The van der Waals surface area contributed by atoms with Crippen LogP contribution in [-0.2, 0) is 13.6 Å². The van der Waals surface area contributed by atoms with Crippen LogP contribution in [0.15, 0.2) is 59.6 Å². The molecule has 0 fully saturated rings. The number of imidazole rings is 1. The number of hydrogen-bond acceptors (Lipinski definition) is 3. The fraction of sp³-hybridized carbons (Fsp3) is 0.300. The predicted octanol–water partition coefficient (Wildman–Crippen LogP) is 3.33. The van der Waals surface area contributed by atoms with Crippen molar-refractivity contribution in [3.8, 4) is 5.75 Å². The number of nitrogens with one attached hydrogen (secondary N) is 2. The van der Waals surface area contributed by atoms with Gasteiger partial charge in [0.15, 0.2) is 5.96 Å². The summed E-state index contributed by atoms with van der Waals surface area (Å²) in [5, 5.41) is 6.54. The highest BCUT2D eigenvalue weighted by atomic mass is 127. The molecule has 0 aliphatic carbocycles. The molecule has 1 heterocycles. The fourth-order valence-corrected chi connectivity index (χ4v) is 2.68. The van der Waals surface area contributed by atoms with Crippen LogP contribution in [0.25, 0.3) is 11.0 Å². The minimum absolute atomic E-state index is 0. The summed E-state index contributed by atoms with van der Waals surface area (Å²) in [6.45, 7) is 4.60. The second-order valence-corrected chi connectivity index (χ2v) is 5.86. The third-order valence-corrected chi connectivity index (χ3v) is 4.01. The largest absolute Gasteiger partial charge is 0.492 e. The summed E-state index contributed by atoms with van der Waals surface area (Å²) in [4.78, 5) is 9.30. The van der Waals surface area contributed by atoms with Gasteiger partial charge in [-0.25, -0.2) is 9.98 Å². The number of ether oxygens (including phenoxy) is 1. The van der Waals surface area contributed by atoms with Crippen molar-refractivity contribution in [3.63, 3.8) is 0 Å². The first kappa shape index (κ1) is 21.0. The van der Waals surface area contributed by atoms with Crippen LogP contribution in [0.5, 0.6) is 5.75 Å². The highest BCUT2D eigenvalue weighted by Crippen LogP contribution is 2.14. The first-order chi connectivity index (χ1) is 12.8. The molecule has 3 aromatic rings. The lowest BCUT2D eigenvalue weighted by molar-refractivity contribution is 0.322. The van der Waals surface area contributed by atoms with E-state index in [0.29, 0.717) is 19.7 Å². The van der Waals surface area contributed by atoms with Crippen molar-refractivity contribution in [1.82, 2.24) is 20.2 Å². The van der Waals surface area contributed by atoms with E-state index in [9.17, 15) is 0 Å². The minimum Gasteiger partial charge on any atom is -0.492 e. The Labute approximate surface area is 177 Å². The number of guanidine groups is 1. The van der Waals surface area contributed by atoms with E-state index < -0.39 is 0 Å². The quantitative estimate of drug-likeness (QED) is 0.236. The smallest absolute Gasteiger partial charge is 0.191 e. The monoisotopic (exact) mass is 479 g/mol. The Hall–Kier alpha value is -2.29. The molecule has 0 saturated carbocycles. The topological polar surface area (TPSA) is 63.5 Å². The normalized spacial score (nSPS) is 11.1. The molecule has 2 aromatic carbocycles. The number of aryl methyl sites for hydroxylation is 1. The summed E-state index contributed by atoms with van der Waals surface area (Å²) >= 11 is 0. The van der Waals surface area contributed by atoms with E-state index in [2.05, 4.69) is 31.2 Å². The Morgan fingerprint density at radius 1 is 1.07 bits per heavy atom. The van der Waals surface area contributed by atoms with Crippen LogP contribution in [0.1, 0.15) is 12.7 Å². The average Bonchev–Trinajstić information content (AvgIpc) is 3.00. The molecule has 144 valence electrons. The van der Waals surface area contributed by atoms with Crippen LogP contribution in [-0.4, -0.2) is 35.2 Å². The number of rotatable bonds is 7. The predicted molar refractivity (Wildman–Crippen MR) is 121 cm³/mol. The lowest BCUT2D eigenvalue weighted by Gasteiger charge is -2.12. The maximum Gasteiger partial charge on any atom is 0.191 e. The number of aromatic nitrogens is 2. The first-order valence-electron chi connectivity index (χ1n) is 8.88. The zero-order valence-electron chi connectivity index (χ0n) is 15.7. The SMILES string of the molecule is CCNC(=NCc1nc2ccccc2n1C)NCCOc1ccccc1.I. The first-order valence-corrected chi connectivity index (χ1v) is 8.88. The van der Waals surface area contributed by atoms with Gasteiger partial charge < -0.3 is 19.9 Å². The molecule has 6 nitrogen and oxygen atoms in total. The molecule has 27 heavy (non-hydrogen) atoms. The van der Waals surface area contributed by atoms with E-state index in [1.54, 1.807) is 0 Å². The molecule has 0 atom stereocenters. The number of fused-ring (bicyclic) bond motifs is 1. The van der Waals surface area contributed by atoms with Crippen molar-refractivity contribution in [2.75, 3.05) is 19.7 Å². The number of nitrogens with zero attached hydrogens (tertiary/aromatic N) is 3. The Balaban J connectivity index is 0.00000261. The van der Waals surface area contributed by atoms with Crippen LogP contribution in [0.4, 0.5) is 0 Å². The van der Waals surface area contributed by atoms with E-state index in [1.807, 2.05) is 62.5 Å². The van der Waals surface area contributed by atoms with E-state index in [1.165, 1.54) is 0 Å². The molecule has 0 saturated heterocycles. The Bertz CT molecular complexity index is 863. The summed E-state index contributed by atoms with van der Waals surface area (Å²) in [5.41, 5.74) is 2.11. The van der Waals surface area contributed by atoms with Gasteiger partial charge in [0.05, 0.1) is 17.6 Å². The van der Waals surface area contributed by atoms with Crippen molar-refractivity contribution < 1.29 is 4.74 Å². The molecular weight excluding hydrogens is 453 g/mol. The van der Waals surface area contributed by atoms with Gasteiger partial charge in [0, 0.05) is 13.6 Å². The van der Waals surface area contributed by atoms with Gasteiger partial charge in [-0.3, -0.25) is 0 Å². The van der Waals surface area contributed by atoms with E-state index >= 15 is 0 Å². The molecule has 0 bridgehead atoms. The Morgan fingerprint density at radius 2 is 1.81 bits per heavy atom. The molecule has 0 aliphatic heterocycles. The van der Waals surface area contributed by atoms with Gasteiger partial charge in [0.1, 0.15) is 24.7 Å². The molecule has 0 unspecified atom stereocenters. The summed E-state index contributed by atoms with van der Waals surface area (Å²) in [7, 11) is 2.02. The zero-order valence-corrected chi connectivity index (χ0v) is 18.0. The fourth-order valence-electron chi connectivity index (χ4n) is 2.68. The summed E-state index contributed by atoms with van der Waals surface area (Å²) < 4.78 is 7.78. The summed E-state index contributed by atoms with van der Waals surface area (Å²) in [6, 6.07) is 17.9. The van der Waals surface area contributed by atoms with Gasteiger partial charge in [-0.2, -0.15) is 0 Å². The maximum absolute atomic E-state index is 5.69. The van der Waals surface area contributed by atoms with E-state index in [-0.39, 0.29) is 24.0 Å². The number of halogens is 1. The van der Waals surface area contributed by atoms with Crippen molar-refractivity contribution in [3.05, 3.63) is 60.4 Å². The minimum atomic E-state index is 0. The third-order valence-electron chi connectivity index (χ3n) is 4.01. The number of aliphatic imine (C=N–C) groups is 1. The van der Waals surface area contributed by atoms with Crippen LogP contribution >= 0.6 is 24.0 Å². The van der Waals surface area contributed by atoms with Crippen LogP contribution in [0.3, 0.4) is 0 Å². The zero-order chi connectivity index (χ0) is 18.2. The highest BCUT2D eigenvalue weighted by molar-refractivity contribution is 14.0. The number of benzene rings is 2. The second kappa shape index (κ2) is 10.8. The van der Waals surface area contributed by atoms with E-state index in [4.69, 9.17) is 4.74 Å². The Kier molecular flexibility index (Phi) is 8.38. The standard InChI is InChI=1S/C20H25N5O.HI/c1-3-21-20(22-13-14-26-16-9-5-4-6-10-16)23-15-19-24-17-11-7-8-12-18(17)25(19)2;/h4-12H,3,13-15H2,1-2H3,(H2,21,22,23);1H. The van der Waals surface area contributed by atoms with Gasteiger partial charge in [-0.05, 0) is 31.2 Å². The van der Waals surface area contributed by atoms with Gasteiger partial charge in [0.2, 0.25) is 0 Å². The number of hydrogen-bond donors (Lipinski definition) is 2. The van der Waals surface area contributed by atoms with Crippen LogP contribution in [0, 0.1) is 0 Å². The van der Waals surface area contributed by atoms with Crippen molar-refractivity contribution in [2.24, 2.45) is 12.0 Å². The van der Waals surface area contributed by atoms with Crippen molar-refractivity contribution >= 4 is 41.0 Å². The molecule has 0 amide bonds. The average molecular weight is 479 g/mol.